The van der Waals surface area contributed by atoms with Gasteiger partial charge in [-0.15, -0.1) is 11.3 Å². The molecule has 144 valence electrons. The molecule has 1 heterocycles. The van der Waals surface area contributed by atoms with Crippen molar-refractivity contribution >= 4 is 28.3 Å². The highest BCUT2D eigenvalue weighted by Gasteiger charge is 2.12. The zero-order valence-electron chi connectivity index (χ0n) is 15.7. The lowest BCUT2D eigenvalue weighted by Gasteiger charge is -2.13. The third-order valence-corrected chi connectivity index (χ3v) is 4.91. The molecule has 2 amide bonds. The predicted octanol–water partition coefficient (Wildman–Crippen LogP) is 4.71. The smallest absolute Gasteiger partial charge is 0.257 e. The molecule has 2 aromatic carbocycles. The van der Waals surface area contributed by atoms with Gasteiger partial charge in [0.15, 0.2) is 5.13 Å². The summed E-state index contributed by atoms with van der Waals surface area (Å²) in [6.45, 7) is 5.14. The summed E-state index contributed by atoms with van der Waals surface area (Å²) in [7, 11) is 0. The van der Waals surface area contributed by atoms with E-state index in [0.717, 1.165) is 16.8 Å². The molecule has 0 aliphatic carbocycles. The quantitative estimate of drug-likeness (QED) is 0.655. The van der Waals surface area contributed by atoms with Crippen molar-refractivity contribution in [3.63, 3.8) is 0 Å². The first-order valence-corrected chi connectivity index (χ1v) is 9.61. The topological polar surface area (TPSA) is 71.1 Å². The maximum Gasteiger partial charge on any atom is 0.257 e. The third-order valence-electron chi connectivity index (χ3n) is 4.16. The molecule has 0 fully saturated rings. The van der Waals surface area contributed by atoms with Crippen molar-refractivity contribution in [1.82, 2.24) is 10.3 Å². The monoisotopic (exact) mass is 397 g/mol. The van der Waals surface area contributed by atoms with E-state index in [-0.39, 0.29) is 17.5 Å². The normalized spacial score (nSPS) is 11.7. The van der Waals surface area contributed by atoms with E-state index in [9.17, 15) is 14.0 Å². The van der Waals surface area contributed by atoms with Crippen LogP contribution in [0.3, 0.4) is 0 Å². The Morgan fingerprint density at radius 3 is 2.50 bits per heavy atom. The molecule has 2 N–H and O–H groups in total. The SMILES string of the molecule is CC(=O)NC(C)c1ccc(-c2csc(NC(=O)c3cc(C)cc(F)c3)n2)cc1. The summed E-state index contributed by atoms with van der Waals surface area (Å²) in [5.74, 6) is -0.925. The van der Waals surface area contributed by atoms with Crippen LogP contribution in [0.1, 0.15) is 41.4 Å². The van der Waals surface area contributed by atoms with Crippen molar-refractivity contribution in [2.45, 2.75) is 26.8 Å². The number of rotatable bonds is 5. The van der Waals surface area contributed by atoms with Crippen molar-refractivity contribution in [1.29, 1.82) is 0 Å². The molecule has 1 atom stereocenters. The Hall–Kier alpha value is -3.06. The van der Waals surface area contributed by atoms with E-state index in [4.69, 9.17) is 0 Å². The molecule has 0 radical (unpaired) electrons. The third kappa shape index (κ3) is 4.80. The molecule has 0 saturated carbocycles. The van der Waals surface area contributed by atoms with Crippen LogP contribution in [0.4, 0.5) is 9.52 Å². The maximum atomic E-state index is 13.5. The van der Waals surface area contributed by atoms with Crippen LogP contribution in [0.25, 0.3) is 11.3 Å². The molecule has 5 nitrogen and oxygen atoms in total. The highest BCUT2D eigenvalue weighted by molar-refractivity contribution is 7.14. The second-order valence-electron chi connectivity index (χ2n) is 6.55. The molecular formula is C21H20FN3O2S. The van der Waals surface area contributed by atoms with E-state index in [0.29, 0.717) is 10.7 Å². The Bertz CT molecular complexity index is 994. The first-order chi connectivity index (χ1) is 13.3. The largest absolute Gasteiger partial charge is 0.350 e. The van der Waals surface area contributed by atoms with Crippen molar-refractivity contribution < 1.29 is 14.0 Å². The molecule has 0 aliphatic heterocycles. The number of anilines is 1. The predicted molar refractivity (Wildman–Crippen MR) is 109 cm³/mol. The molecule has 7 heteroatoms. The summed E-state index contributed by atoms with van der Waals surface area (Å²) in [4.78, 5) is 27.9. The van der Waals surface area contributed by atoms with Crippen molar-refractivity contribution in [3.05, 3.63) is 70.4 Å². The summed E-state index contributed by atoms with van der Waals surface area (Å²) < 4.78 is 13.5. The van der Waals surface area contributed by atoms with Gasteiger partial charge in [-0.3, -0.25) is 14.9 Å². The van der Waals surface area contributed by atoms with Gasteiger partial charge in [0.05, 0.1) is 11.7 Å². The minimum absolute atomic E-state index is 0.0773. The standard InChI is InChI=1S/C21H20FN3O2S/c1-12-8-17(10-18(22)9-12)20(27)25-21-24-19(11-28-21)16-6-4-15(5-7-16)13(2)23-14(3)26/h4-11,13H,1-3H3,(H,23,26)(H,24,25,27). The lowest BCUT2D eigenvalue weighted by Crippen LogP contribution is -2.23. The highest BCUT2D eigenvalue weighted by atomic mass is 32.1. The van der Waals surface area contributed by atoms with Gasteiger partial charge in [-0.25, -0.2) is 9.37 Å². The number of amides is 2. The molecule has 3 rings (SSSR count). The van der Waals surface area contributed by atoms with Gasteiger partial charge >= 0.3 is 0 Å². The van der Waals surface area contributed by atoms with Gasteiger partial charge in [0.2, 0.25) is 5.91 Å². The number of thiazole rings is 1. The van der Waals surface area contributed by atoms with Crippen LogP contribution in [0, 0.1) is 12.7 Å². The second kappa shape index (κ2) is 8.31. The Labute approximate surface area is 166 Å². The van der Waals surface area contributed by atoms with Crippen LogP contribution < -0.4 is 10.6 Å². The van der Waals surface area contributed by atoms with E-state index in [1.165, 1.54) is 30.4 Å². The molecule has 0 spiro atoms. The number of aryl methyl sites for hydroxylation is 1. The summed E-state index contributed by atoms with van der Waals surface area (Å²) in [5.41, 5.74) is 3.56. The van der Waals surface area contributed by atoms with Crippen LogP contribution in [0.2, 0.25) is 0 Å². The van der Waals surface area contributed by atoms with Crippen LogP contribution in [0.15, 0.2) is 47.8 Å². The molecule has 1 aromatic heterocycles. The first kappa shape index (κ1) is 19.7. The summed E-state index contributed by atoms with van der Waals surface area (Å²) in [6, 6.07) is 11.8. The van der Waals surface area contributed by atoms with Crippen LogP contribution in [-0.2, 0) is 4.79 Å². The minimum atomic E-state index is -0.446. The minimum Gasteiger partial charge on any atom is -0.350 e. The number of halogens is 1. The van der Waals surface area contributed by atoms with E-state index >= 15 is 0 Å². The van der Waals surface area contributed by atoms with Gasteiger partial charge in [0.25, 0.3) is 5.91 Å². The van der Waals surface area contributed by atoms with Crippen LogP contribution in [0.5, 0.6) is 0 Å². The van der Waals surface area contributed by atoms with Gasteiger partial charge in [0, 0.05) is 23.4 Å². The van der Waals surface area contributed by atoms with E-state index in [1.807, 2.05) is 36.6 Å². The van der Waals surface area contributed by atoms with Crippen molar-refractivity contribution in [2.24, 2.45) is 0 Å². The zero-order valence-corrected chi connectivity index (χ0v) is 16.6. The molecule has 28 heavy (non-hydrogen) atoms. The van der Waals surface area contributed by atoms with Gasteiger partial charge < -0.3 is 5.32 Å². The Balaban J connectivity index is 1.71. The average Bonchev–Trinajstić information content (AvgIpc) is 3.09. The Morgan fingerprint density at radius 1 is 1.14 bits per heavy atom. The zero-order chi connectivity index (χ0) is 20.3. The lowest BCUT2D eigenvalue weighted by atomic mass is 10.1. The number of aromatic nitrogens is 1. The van der Waals surface area contributed by atoms with Crippen LogP contribution >= 0.6 is 11.3 Å². The Kier molecular flexibility index (Phi) is 5.84. The number of hydrogen-bond acceptors (Lipinski definition) is 4. The van der Waals surface area contributed by atoms with Gasteiger partial charge in [-0.1, -0.05) is 24.3 Å². The maximum absolute atomic E-state index is 13.5. The number of hydrogen-bond donors (Lipinski definition) is 2. The van der Waals surface area contributed by atoms with Crippen molar-refractivity contribution in [3.8, 4) is 11.3 Å². The summed E-state index contributed by atoms with van der Waals surface area (Å²) in [6.07, 6.45) is 0. The number of carbonyl (C=O) groups excluding carboxylic acids is 2. The van der Waals surface area contributed by atoms with Crippen LogP contribution in [-0.4, -0.2) is 16.8 Å². The number of benzene rings is 2. The Morgan fingerprint density at radius 2 is 1.86 bits per heavy atom. The van der Waals surface area contributed by atoms with E-state index < -0.39 is 11.7 Å². The second-order valence-corrected chi connectivity index (χ2v) is 7.41. The van der Waals surface area contributed by atoms with Crippen molar-refractivity contribution in [2.75, 3.05) is 5.32 Å². The molecule has 3 aromatic rings. The lowest BCUT2D eigenvalue weighted by molar-refractivity contribution is -0.119. The summed E-state index contributed by atoms with van der Waals surface area (Å²) >= 11 is 1.30. The fourth-order valence-electron chi connectivity index (χ4n) is 2.83. The fraction of sp³-hybridized carbons (Fsp3) is 0.190. The van der Waals surface area contributed by atoms with Gasteiger partial charge in [0.1, 0.15) is 5.82 Å². The molecule has 0 bridgehead atoms. The molecule has 0 aliphatic rings. The average molecular weight is 397 g/mol. The summed E-state index contributed by atoms with van der Waals surface area (Å²) in [5, 5.41) is 7.84. The molecular weight excluding hydrogens is 377 g/mol. The van der Waals surface area contributed by atoms with Gasteiger partial charge in [-0.2, -0.15) is 0 Å². The molecule has 0 saturated heterocycles. The van der Waals surface area contributed by atoms with E-state index in [2.05, 4.69) is 15.6 Å². The first-order valence-electron chi connectivity index (χ1n) is 8.73. The number of carbonyl (C=O) groups is 2. The fourth-order valence-corrected chi connectivity index (χ4v) is 3.55. The van der Waals surface area contributed by atoms with E-state index in [1.54, 1.807) is 13.0 Å². The number of nitrogens with one attached hydrogen (secondary N) is 2. The highest BCUT2D eigenvalue weighted by Crippen LogP contribution is 2.26. The van der Waals surface area contributed by atoms with Gasteiger partial charge in [-0.05, 0) is 43.2 Å². The number of nitrogens with zero attached hydrogens (tertiary/aromatic N) is 1. The molecule has 1 unspecified atom stereocenters.